The van der Waals surface area contributed by atoms with Crippen molar-refractivity contribution in [3.05, 3.63) is 35.5 Å². The van der Waals surface area contributed by atoms with Crippen LogP contribution in [-0.4, -0.2) is 16.1 Å². The number of aromatic nitrogens is 1. The zero-order valence-corrected chi connectivity index (χ0v) is 10.4. The minimum Gasteiger partial charge on any atom is -0.481 e. The smallest absolute Gasteiger partial charge is 0.315 e. The van der Waals surface area contributed by atoms with Gasteiger partial charge in [0.1, 0.15) is 5.41 Å². The second-order valence-electron chi connectivity index (χ2n) is 4.85. The predicted molar refractivity (Wildman–Crippen MR) is 68.3 cm³/mol. The molecule has 0 radical (unpaired) electrons. The first-order chi connectivity index (χ1) is 7.96. The largest absolute Gasteiger partial charge is 0.481 e. The number of para-hydroxylation sites is 1. The van der Waals surface area contributed by atoms with Gasteiger partial charge in [0.15, 0.2) is 0 Å². The van der Waals surface area contributed by atoms with Crippen molar-refractivity contribution in [3.8, 4) is 0 Å². The van der Waals surface area contributed by atoms with Crippen LogP contribution in [0.3, 0.4) is 0 Å². The summed E-state index contributed by atoms with van der Waals surface area (Å²) in [6.07, 6.45) is 0.935. The molecule has 0 unspecified atom stereocenters. The summed E-state index contributed by atoms with van der Waals surface area (Å²) in [7, 11) is 0. The third kappa shape index (κ3) is 1.82. The number of rotatable bonds is 3. The van der Waals surface area contributed by atoms with Crippen LogP contribution in [0.15, 0.2) is 24.3 Å². The standard InChI is InChI=1S/C14H17NO2/c1-4-9-6-5-7-10-8-11(15-12(9)10)14(2,3)13(16)17/h5-8,15H,4H2,1-3H3,(H,16,17). The molecule has 2 N–H and O–H groups in total. The summed E-state index contributed by atoms with van der Waals surface area (Å²) in [5.41, 5.74) is 2.14. The van der Waals surface area contributed by atoms with Crippen LogP contribution in [0.5, 0.6) is 0 Å². The van der Waals surface area contributed by atoms with Gasteiger partial charge in [-0.05, 0) is 37.3 Å². The van der Waals surface area contributed by atoms with E-state index in [4.69, 9.17) is 0 Å². The van der Waals surface area contributed by atoms with Crippen LogP contribution in [0.1, 0.15) is 32.0 Å². The molecule has 0 aliphatic heterocycles. The maximum absolute atomic E-state index is 11.2. The number of carboxylic acid groups (broad SMARTS) is 1. The van der Waals surface area contributed by atoms with Crippen molar-refractivity contribution in [3.63, 3.8) is 0 Å². The molecular formula is C14H17NO2. The summed E-state index contributed by atoms with van der Waals surface area (Å²) >= 11 is 0. The maximum Gasteiger partial charge on any atom is 0.315 e. The van der Waals surface area contributed by atoms with E-state index in [1.807, 2.05) is 18.2 Å². The Hall–Kier alpha value is -1.77. The summed E-state index contributed by atoms with van der Waals surface area (Å²) in [5, 5.41) is 10.3. The molecule has 0 saturated carbocycles. The van der Waals surface area contributed by atoms with E-state index in [0.29, 0.717) is 0 Å². The summed E-state index contributed by atoms with van der Waals surface area (Å²) in [6.45, 7) is 5.52. The Bertz CT molecular complexity index is 567. The molecule has 0 amide bonds. The molecule has 0 fully saturated rings. The van der Waals surface area contributed by atoms with Crippen molar-refractivity contribution in [1.82, 2.24) is 4.98 Å². The Morgan fingerprint density at radius 1 is 1.41 bits per heavy atom. The number of hydrogen-bond acceptors (Lipinski definition) is 1. The molecule has 2 aromatic rings. The normalized spacial score (nSPS) is 11.9. The molecule has 90 valence electrons. The Morgan fingerprint density at radius 2 is 2.12 bits per heavy atom. The highest BCUT2D eigenvalue weighted by Crippen LogP contribution is 2.28. The lowest BCUT2D eigenvalue weighted by Gasteiger charge is -2.16. The number of aromatic amines is 1. The van der Waals surface area contributed by atoms with E-state index < -0.39 is 11.4 Å². The van der Waals surface area contributed by atoms with Crippen LogP contribution in [0.4, 0.5) is 0 Å². The monoisotopic (exact) mass is 231 g/mol. The fourth-order valence-electron chi connectivity index (χ4n) is 1.97. The number of benzene rings is 1. The first-order valence-electron chi connectivity index (χ1n) is 5.81. The van der Waals surface area contributed by atoms with Gasteiger partial charge in [-0.1, -0.05) is 25.1 Å². The van der Waals surface area contributed by atoms with Crippen molar-refractivity contribution in [1.29, 1.82) is 0 Å². The van der Waals surface area contributed by atoms with Gasteiger partial charge in [-0.3, -0.25) is 4.79 Å². The van der Waals surface area contributed by atoms with E-state index in [1.165, 1.54) is 5.56 Å². The van der Waals surface area contributed by atoms with Crippen LogP contribution < -0.4 is 0 Å². The lowest BCUT2D eigenvalue weighted by Crippen LogP contribution is -2.28. The number of fused-ring (bicyclic) bond motifs is 1. The number of hydrogen-bond donors (Lipinski definition) is 2. The first-order valence-corrected chi connectivity index (χ1v) is 5.81. The van der Waals surface area contributed by atoms with Crippen LogP contribution >= 0.6 is 0 Å². The molecule has 1 aromatic carbocycles. The number of nitrogens with one attached hydrogen (secondary N) is 1. The minimum atomic E-state index is -0.885. The second kappa shape index (κ2) is 3.91. The molecule has 2 rings (SSSR count). The van der Waals surface area contributed by atoms with Crippen LogP contribution in [-0.2, 0) is 16.6 Å². The summed E-state index contributed by atoms with van der Waals surface area (Å²) in [4.78, 5) is 14.5. The molecule has 17 heavy (non-hydrogen) atoms. The Balaban J connectivity index is 2.63. The van der Waals surface area contributed by atoms with Gasteiger partial charge >= 0.3 is 5.97 Å². The second-order valence-corrected chi connectivity index (χ2v) is 4.85. The lowest BCUT2D eigenvalue weighted by molar-refractivity contribution is -0.142. The molecule has 0 spiro atoms. The van der Waals surface area contributed by atoms with Gasteiger partial charge in [-0.25, -0.2) is 0 Å². The highest BCUT2D eigenvalue weighted by molar-refractivity contribution is 5.87. The van der Waals surface area contributed by atoms with E-state index in [0.717, 1.165) is 23.0 Å². The Morgan fingerprint density at radius 3 is 2.71 bits per heavy atom. The fourth-order valence-corrected chi connectivity index (χ4v) is 1.97. The average molecular weight is 231 g/mol. The summed E-state index contributed by atoms with van der Waals surface area (Å²) < 4.78 is 0. The Labute approximate surface area is 100 Å². The molecule has 0 aliphatic rings. The van der Waals surface area contributed by atoms with Gasteiger partial charge in [0.25, 0.3) is 0 Å². The van der Waals surface area contributed by atoms with E-state index in [2.05, 4.69) is 18.0 Å². The molecule has 0 bridgehead atoms. The molecule has 1 heterocycles. The molecular weight excluding hydrogens is 214 g/mol. The van der Waals surface area contributed by atoms with E-state index >= 15 is 0 Å². The van der Waals surface area contributed by atoms with E-state index in [9.17, 15) is 9.90 Å². The average Bonchev–Trinajstić information content (AvgIpc) is 2.72. The van der Waals surface area contributed by atoms with E-state index in [-0.39, 0.29) is 0 Å². The number of carbonyl (C=O) groups is 1. The van der Waals surface area contributed by atoms with Crippen molar-refractivity contribution >= 4 is 16.9 Å². The zero-order valence-electron chi connectivity index (χ0n) is 10.4. The quantitative estimate of drug-likeness (QED) is 0.852. The van der Waals surface area contributed by atoms with Crippen molar-refractivity contribution < 1.29 is 9.90 Å². The van der Waals surface area contributed by atoms with Crippen molar-refractivity contribution in [2.45, 2.75) is 32.6 Å². The van der Waals surface area contributed by atoms with Crippen LogP contribution in [0.25, 0.3) is 10.9 Å². The zero-order chi connectivity index (χ0) is 12.6. The van der Waals surface area contributed by atoms with Gasteiger partial charge < -0.3 is 10.1 Å². The highest BCUT2D eigenvalue weighted by Gasteiger charge is 2.31. The number of aliphatic carboxylic acids is 1. The predicted octanol–water partition coefficient (Wildman–Crippen LogP) is 3.09. The molecule has 3 nitrogen and oxygen atoms in total. The first kappa shape index (κ1) is 11.7. The third-order valence-corrected chi connectivity index (χ3v) is 3.33. The third-order valence-electron chi connectivity index (χ3n) is 3.33. The summed E-state index contributed by atoms with van der Waals surface area (Å²) in [5.74, 6) is -0.817. The number of H-pyrrole nitrogens is 1. The van der Waals surface area contributed by atoms with Gasteiger partial charge in [0.2, 0.25) is 0 Å². The molecule has 3 heteroatoms. The molecule has 1 aromatic heterocycles. The van der Waals surface area contributed by atoms with Crippen LogP contribution in [0, 0.1) is 0 Å². The number of carboxylic acids is 1. The van der Waals surface area contributed by atoms with Crippen LogP contribution in [0.2, 0.25) is 0 Å². The topological polar surface area (TPSA) is 53.1 Å². The van der Waals surface area contributed by atoms with Crippen molar-refractivity contribution in [2.24, 2.45) is 0 Å². The summed E-state index contributed by atoms with van der Waals surface area (Å²) in [6, 6.07) is 8.01. The molecule has 0 saturated heterocycles. The fraction of sp³-hybridized carbons (Fsp3) is 0.357. The van der Waals surface area contributed by atoms with Gasteiger partial charge in [-0.15, -0.1) is 0 Å². The SMILES string of the molecule is CCc1cccc2cc(C(C)(C)C(=O)O)[nH]c12. The molecule has 0 aliphatic carbocycles. The van der Waals surface area contributed by atoms with Gasteiger partial charge in [0.05, 0.1) is 0 Å². The highest BCUT2D eigenvalue weighted by atomic mass is 16.4. The molecule has 0 atom stereocenters. The van der Waals surface area contributed by atoms with Gasteiger partial charge in [-0.2, -0.15) is 0 Å². The maximum atomic E-state index is 11.2. The van der Waals surface area contributed by atoms with Gasteiger partial charge in [0, 0.05) is 11.2 Å². The Kier molecular flexibility index (Phi) is 2.69. The number of aryl methyl sites for hydroxylation is 1. The van der Waals surface area contributed by atoms with E-state index in [1.54, 1.807) is 13.8 Å². The van der Waals surface area contributed by atoms with Crippen molar-refractivity contribution in [2.75, 3.05) is 0 Å². The lowest BCUT2D eigenvalue weighted by atomic mass is 9.90. The minimum absolute atomic E-state index is 0.751.